The van der Waals surface area contributed by atoms with E-state index in [-0.39, 0.29) is 29.9 Å². The summed E-state index contributed by atoms with van der Waals surface area (Å²) in [5.74, 6) is -0.113. The Morgan fingerprint density at radius 2 is 2.00 bits per heavy atom. The van der Waals surface area contributed by atoms with Gasteiger partial charge in [-0.25, -0.2) is 4.79 Å². The average Bonchev–Trinajstić information content (AvgIpc) is 3.28. The van der Waals surface area contributed by atoms with E-state index in [1.807, 2.05) is 11.8 Å². The van der Waals surface area contributed by atoms with Gasteiger partial charge in [-0.2, -0.15) is 10.2 Å². The molecule has 2 aliphatic heterocycles. The van der Waals surface area contributed by atoms with Crippen LogP contribution in [-0.4, -0.2) is 59.8 Å². The zero-order valence-electron chi connectivity index (χ0n) is 21.8. The number of esters is 1. The molecule has 1 aliphatic carbocycles. The fourth-order valence-electron chi connectivity index (χ4n) is 6.29. The lowest BCUT2D eigenvalue weighted by Crippen LogP contribution is -2.42. The van der Waals surface area contributed by atoms with Crippen LogP contribution in [0.2, 0.25) is 0 Å². The van der Waals surface area contributed by atoms with Crippen molar-refractivity contribution in [2.24, 2.45) is 15.6 Å². The van der Waals surface area contributed by atoms with E-state index in [2.05, 4.69) is 60.9 Å². The van der Waals surface area contributed by atoms with Gasteiger partial charge in [0.2, 0.25) is 5.91 Å². The Morgan fingerprint density at radius 1 is 1.29 bits per heavy atom. The van der Waals surface area contributed by atoms with Crippen LogP contribution in [0.25, 0.3) is 0 Å². The van der Waals surface area contributed by atoms with Gasteiger partial charge in [0.05, 0.1) is 22.4 Å². The van der Waals surface area contributed by atoms with Gasteiger partial charge in [-0.15, -0.1) is 0 Å². The second-order valence-electron chi connectivity index (χ2n) is 10.5. The zero-order valence-corrected chi connectivity index (χ0v) is 21.8. The van der Waals surface area contributed by atoms with Crippen LogP contribution in [0.1, 0.15) is 76.5 Å². The molecular weight excluding hydrogens is 440 g/mol. The maximum atomic E-state index is 13.6. The highest BCUT2D eigenvalue weighted by molar-refractivity contribution is 6.00. The van der Waals surface area contributed by atoms with Crippen molar-refractivity contribution in [2.75, 3.05) is 13.7 Å². The van der Waals surface area contributed by atoms with Gasteiger partial charge in [0, 0.05) is 30.9 Å². The van der Waals surface area contributed by atoms with Crippen molar-refractivity contribution in [2.45, 2.75) is 84.8 Å². The van der Waals surface area contributed by atoms with Crippen LogP contribution in [0.15, 0.2) is 39.7 Å². The molecule has 0 radical (unpaired) electrons. The third kappa shape index (κ3) is 4.70. The van der Waals surface area contributed by atoms with E-state index in [9.17, 15) is 9.59 Å². The normalized spacial score (nSPS) is 27.4. The molecule has 1 aromatic carbocycles. The minimum Gasteiger partial charge on any atom is -0.456 e. The lowest BCUT2D eigenvalue weighted by Gasteiger charge is -2.39. The number of carbonyl (C=O) groups is 2. The van der Waals surface area contributed by atoms with Crippen LogP contribution >= 0.6 is 0 Å². The molecule has 0 N–H and O–H groups in total. The van der Waals surface area contributed by atoms with Crippen LogP contribution in [0, 0.1) is 5.41 Å². The van der Waals surface area contributed by atoms with Gasteiger partial charge < -0.3 is 9.64 Å². The number of benzene rings is 1. The molecule has 1 aromatic rings. The van der Waals surface area contributed by atoms with Crippen LogP contribution in [0.5, 0.6) is 0 Å². The van der Waals surface area contributed by atoms with Crippen LogP contribution < -0.4 is 0 Å². The van der Waals surface area contributed by atoms with Crippen molar-refractivity contribution in [3.8, 4) is 0 Å². The standard InChI is InChI=1S/C28H38N4O3/c1-7-22-14-21(8-9-24(22)20(4)30-29-5)16-31(6)23-10-12-28(13-11-23)15-18(2)32(27(28)34)25-17-35-26(33)19(25)3/h8-9,14,18,23H,5,7,10-13,15-17H2,1-4,6H3/b30-20+/t18-,23-,28+/m1/s1. The molecule has 0 unspecified atom stereocenters. The maximum Gasteiger partial charge on any atom is 0.336 e. The quantitative estimate of drug-likeness (QED) is 0.329. The van der Waals surface area contributed by atoms with E-state index in [0.717, 1.165) is 62.0 Å². The Hall–Kier alpha value is -2.80. The van der Waals surface area contributed by atoms with E-state index >= 15 is 0 Å². The topological polar surface area (TPSA) is 74.6 Å². The van der Waals surface area contributed by atoms with Gasteiger partial charge >= 0.3 is 5.97 Å². The molecule has 1 saturated heterocycles. The molecule has 1 amide bonds. The van der Waals surface area contributed by atoms with Crippen LogP contribution in [0.4, 0.5) is 0 Å². The first-order chi connectivity index (χ1) is 16.7. The third-order valence-electron chi connectivity index (χ3n) is 8.30. The molecule has 4 rings (SSSR count). The average molecular weight is 479 g/mol. The molecule has 0 aromatic heterocycles. The summed E-state index contributed by atoms with van der Waals surface area (Å²) in [6.07, 6.45) is 5.59. The van der Waals surface area contributed by atoms with Gasteiger partial charge in [0.15, 0.2) is 0 Å². The molecule has 0 bridgehead atoms. The van der Waals surface area contributed by atoms with Crippen molar-refractivity contribution < 1.29 is 14.3 Å². The number of rotatable bonds is 7. The number of nitrogens with zero attached hydrogens (tertiary/aromatic N) is 4. The van der Waals surface area contributed by atoms with Crippen molar-refractivity contribution >= 4 is 24.3 Å². The molecule has 1 atom stereocenters. The van der Waals surface area contributed by atoms with Crippen molar-refractivity contribution in [3.05, 3.63) is 46.2 Å². The number of cyclic esters (lactones) is 1. The lowest BCUT2D eigenvalue weighted by atomic mass is 9.70. The van der Waals surface area contributed by atoms with E-state index < -0.39 is 0 Å². The summed E-state index contributed by atoms with van der Waals surface area (Å²) >= 11 is 0. The van der Waals surface area contributed by atoms with E-state index in [0.29, 0.717) is 11.6 Å². The first-order valence-electron chi connectivity index (χ1n) is 12.7. The summed E-state index contributed by atoms with van der Waals surface area (Å²) in [6.45, 7) is 12.6. The fourth-order valence-corrected chi connectivity index (χ4v) is 6.29. The number of ether oxygens (including phenoxy) is 1. The highest BCUT2D eigenvalue weighted by atomic mass is 16.5. The number of carbonyl (C=O) groups excluding carboxylic acids is 2. The summed E-state index contributed by atoms with van der Waals surface area (Å²) < 4.78 is 5.19. The molecule has 35 heavy (non-hydrogen) atoms. The predicted molar refractivity (Wildman–Crippen MR) is 138 cm³/mol. The van der Waals surface area contributed by atoms with Gasteiger partial charge in [0.1, 0.15) is 6.61 Å². The lowest BCUT2D eigenvalue weighted by molar-refractivity contribution is -0.139. The van der Waals surface area contributed by atoms with Crippen molar-refractivity contribution in [1.29, 1.82) is 0 Å². The summed E-state index contributed by atoms with van der Waals surface area (Å²) in [5.41, 5.74) is 5.62. The van der Waals surface area contributed by atoms with Gasteiger partial charge in [-0.3, -0.25) is 9.69 Å². The Balaban J connectivity index is 1.41. The minimum atomic E-state index is -0.303. The first kappa shape index (κ1) is 25.3. The van der Waals surface area contributed by atoms with Gasteiger partial charge in [0.25, 0.3) is 0 Å². The van der Waals surface area contributed by atoms with Crippen LogP contribution in [0.3, 0.4) is 0 Å². The zero-order chi connectivity index (χ0) is 25.3. The smallest absolute Gasteiger partial charge is 0.336 e. The summed E-state index contributed by atoms with van der Waals surface area (Å²) in [5, 5.41) is 7.79. The van der Waals surface area contributed by atoms with Gasteiger partial charge in [-0.1, -0.05) is 25.1 Å². The SMILES string of the molecule is C=N/N=C(\C)c1ccc(CN(C)[C@H]2CC[C@@]3(CC2)C[C@@H](C)N(C2=C(C)C(=O)OC2)C3=O)cc1CC. The Bertz CT molecular complexity index is 1080. The number of amides is 1. The van der Waals surface area contributed by atoms with Crippen molar-refractivity contribution in [1.82, 2.24) is 9.80 Å². The summed E-state index contributed by atoms with van der Waals surface area (Å²) in [7, 11) is 2.19. The molecule has 188 valence electrons. The van der Waals surface area contributed by atoms with E-state index in [4.69, 9.17) is 4.74 Å². The van der Waals surface area contributed by atoms with E-state index in [1.165, 1.54) is 11.1 Å². The number of likely N-dealkylation sites (tertiary alicyclic amines) is 1. The number of hydrogen-bond acceptors (Lipinski definition) is 6. The van der Waals surface area contributed by atoms with Crippen molar-refractivity contribution in [3.63, 3.8) is 0 Å². The molecule has 2 heterocycles. The second-order valence-corrected chi connectivity index (χ2v) is 10.5. The summed E-state index contributed by atoms with van der Waals surface area (Å²) in [6, 6.07) is 7.15. The Morgan fingerprint density at radius 3 is 2.60 bits per heavy atom. The number of hydrogen-bond donors (Lipinski definition) is 0. The van der Waals surface area contributed by atoms with Gasteiger partial charge in [-0.05, 0) is 77.5 Å². The largest absolute Gasteiger partial charge is 0.456 e. The molecule has 3 aliphatic rings. The Kier molecular flexibility index (Phi) is 7.27. The highest BCUT2D eigenvalue weighted by Gasteiger charge is 2.53. The maximum absolute atomic E-state index is 13.6. The highest BCUT2D eigenvalue weighted by Crippen LogP contribution is 2.49. The molecule has 1 saturated carbocycles. The molecule has 1 spiro atoms. The molecule has 7 nitrogen and oxygen atoms in total. The molecular formula is C28H38N4O3. The Labute approximate surface area is 208 Å². The first-order valence-corrected chi connectivity index (χ1v) is 12.7. The third-order valence-corrected chi connectivity index (χ3v) is 8.30. The summed E-state index contributed by atoms with van der Waals surface area (Å²) in [4.78, 5) is 29.8. The number of aryl methyl sites for hydroxylation is 1. The minimum absolute atomic E-state index is 0.102. The van der Waals surface area contributed by atoms with Crippen LogP contribution in [-0.2, 0) is 27.3 Å². The monoisotopic (exact) mass is 478 g/mol. The van der Waals surface area contributed by atoms with E-state index in [1.54, 1.807) is 6.92 Å². The molecule has 2 fully saturated rings. The molecule has 7 heteroatoms. The predicted octanol–water partition coefficient (Wildman–Crippen LogP) is 4.49. The fraction of sp³-hybridized carbons (Fsp3) is 0.571. The second kappa shape index (κ2) is 10.1.